The van der Waals surface area contributed by atoms with Crippen LogP contribution in [0.25, 0.3) is 0 Å². The highest BCUT2D eigenvalue weighted by molar-refractivity contribution is 14.1. The zero-order chi connectivity index (χ0) is 14.0. The number of nitrogens with one attached hydrogen (secondary N) is 1. The second-order valence-corrected chi connectivity index (χ2v) is 6.57. The van der Waals surface area contributed by atoms with E-state index in [1.54, 1.807) is 12.1 Å². The van der Waals surface area contributed by atoms with E-state index in [0.29, 0.717) is 10.6 Å². The van der Waals surface area contributed by atoms with Crippen molar-refractivity contribution in [3.05, 3.63) is 60.6 Å². The third-order valence-corrected chi connectivity index (χ3v) is 4.21. The molecule has 2 rings (SSSR count). The summed E-state index contributed by atoms with van der Waals surface area (Å²) >= 11 is 11.5. The lowest BCUT2D eigenvalue weighted by atomic mass is 10.1. The highest BCUT2D eigenvalue weighted by atomic mass is 127. The molecule has 0 atom stereocenters. The number of anilines is 1. The van der Waals surface area contributed by atoms with Gasteiger partial charge < -0.3 is 5.32 Å². The van der Waals surface area contributed by atoms with Crippen molar-refractivity contribution < 1.29 is 4.79 Å². The molecule has 1 amide bonds. The largest absolute Gasteiger partial charge is 0.322 e. The molecule has 0 aliphatic heterocycles. The predicted octanol–water partition coefficient (Wildman–Crippen LogP) is 5.27. The number of carbonyl (C=O) groups excluding carboxylic acids is 1. The molecular formula is C14H10BrClINO. The number of carbonyl (C=O) groups is 1. The Bertz CT molecular complexity index is 645. The summed E-state index contributed by atoms with van der Waals surface area (Å²) in [5, 5.41) is 3.55. The van der Waals surface area contributed by atoms with E-state index in [0.717, 1.165) is 19.3 Å². The van der Waals surface area contributed by atoms with E-state index < -0.39 is 0 Å². The minimum atomic E-state index is -0.143. The highest BCUT2D eigenvalue weighted by Crippen LogP contribution is 2.23. The van der Waals surface area contributed by atoms with Gasteiger partial charge in [-0.2, -0.15) is 0 Å². The molecule has 0 aliphatic carbocycles. The summed E-state index contributed by atoms with van der Waals surface area (Å²) < 4.78 is 1.79. The van der Waals surface area contributed by atoms with Crippen LogP contribution in [0.5, 0.6) is 0 Å². The first kappa shape index (κ1) is 14.8. The van der Waals surface area contributed by atoms with Gasteiger partial charge in [0.05, 0.1) is 5.56 Å². The normalized spacial score (nSPS) is 10.3. The van der Waals surface area contributed by atoms with Crippen molar-refractivity contribution >= 4 is 61.7 Å². The quantitative estimate of drug-likeness (QED) is 0.621. The topological polar surface area (TPSA) is 29.1 Å². The lowest BCUT2D eigenvalue weighted by Gasteiger charge is -2.10. The molecule has 19 heavy (non-hydrogen) atoms. The van der Waals surface area contributed by atoms with Crippen molar-refractivity contribution in [1.29, 1.82) is 0 Å². The van der Waals surface area contributed by atoms with Gasteiger partial charge in [-0.05, 0) is 87.4 Å². The van der Waals surface area contributed by atoms with Crippen molar-refractivity contribution in [3.8, 4) is 0 Å². The van der Waals surface area contributed by atoms with E-state index in [4.69, 9.17) is 11.6 Å². The molecule has 2 aromatic rings. The van der Waals surface area contributed by atoms with Crippen LogP contribution < -0.4 is 5.32 Å². The SMILES string of the molecule is Cc1cc(Cl)ccc1NC(=O)c1cc(I)ccc1Br. The van der Waals surface area contributed by atoms with E-state index in [1.807, 2.05) is 31.2 Å². The van der Waals surface area contributed by atoms with Crippen molar-refractivity contribution in [2.45, 2.75) is 6.92 Å². The number of halogens is 3. The van der Waals surface area contributed by atoms with Crippen molar-refractivity contribution in [3.63, 3.8) is 0 Å². The van der Waals surface area contributed by atoms with E-state index in [-0.39, 0.29) is 5.91 Å². The van der Waals surface area contributed by atoms with Crippen molar-refractivity contribution in [2.75, 3.05) is 5.32 Å². The van der Waals surface area contributed by atoms with E-state index in [2.05, 4.69) is 43.8 Å². The van der Waals surface area contributed by atoms with Crippen LogP contribution >= 0.6 is 50.1 Å². The molecule has 0 saturated heterocycles. The zero-order valence-corrected chi connectivity index (χ0v) is 14.5. The Labute approximate surface area is 138 Å². The molecule has 0 fully saturated rings. The molecule has 0 radical (unpaired) electrons. The van der Waals surface area contributed by atoms with Gasteiger partial charge in [-0.1, -0.05) is 11.6 Å². The third-order valence-electron chi connectivity index (χ3n) is 2.61. The van der Waals surface area contributed by atoms with E-state index in [1.165, 1.54) is 0 Å². The maximum absolute atomic E-state index is 12.2. The minimum Gasteiger partial charge on any atom is -0.322 e. The molecule has 98 valence electrons. The smallest absolute Gasteiger partial charge is 0.256 e. The molecule has 0 bridgehead atoms. The average Bonchev–Trinajstić information content (AvgIpc) is 2.35. The number of rotatable bonds is 2. The molecule has 2 aromatic carbocycles. The Balaban J connectivity index is 2.28. The summed E-state index contributed by atoms with van der Waals surface area (Å²) in [6.45, 7) is 1.91. The molecule has 1 N–H and O–H groups in total. The number of aryl methyl sites for hydroxylation is 1. The number of hydrogen-bond donors (Lipinski definition) is 1. The predicted molar refractivity (Wildman–Crippen MR) is 91.0 cm³/mol. The Morgan fingerprint density at radius 3 is 2.68 bits per heavy atom. The fourth-order valence-corrected chi connectivity index (χ4v) is 2.77. The summed E-state index contributed by atoms with van der Waals surface area (Å²) in [5.74, 6) is -0.143. The van der Waals surface area contributed by atoms with Crippen LogP contribution in [0.15, 0.2) is 40.9 Å². The van der Waals surface area contributed by atoms with Gasteiger partial charge in [0.15, 0.2) is 0 Å². The molecule has 0 aromatic heterocycles. The van der Waals surface area contributed by atoms with Crippen LogP contribution in [0.3, 0.4) is 0 Å². The Hall–Kier alpha value is -0.590. The van der Waals surface area contributed by atoms with Gasteiger partial charge in [-0.25, -0.2) is 0 Å². The maximum Gasteiger partial charge on any atom is 0.256 e. The van der Waals surface area contributed by atoms with Gasteiger partial charge in [-0.15, -0.1) is 0 Å². The van der Waals surface area contributed by atoms with Gasteiger partial charge in [0.2, 0.25) is 0 Å². The molecule has 0 heterocycles. The highest BCUT2D eigenvalue weighted by Gasteiger charge is 2.12. The van der Waals surface area contributed by atoms with Crippen LogP contribution in [0.1, 0.15) is 15.9 Å². The van der Waals surface area contributed by atoms with Crippen LogP contribution in [0, 0.1) is 10.5 Å². The van der Waals surface area contributed by atoms with Crippen LogP contribution in [0.4, 0.5) is 5.69 Å². The third kappa shape index (κ3) is 3.70. The van der Waals surface area contributed by atoms with Gasteiger partial charge in [0, 0.05) is 18.8 Å². The lowest BCUT2D eigenvalue weighted by molar-refractivity contribution is 0.102. The average molecular weight is 451 g/mol. The standard InChI is InChI=1S/C14H10BrClINO/c1-8-6-9(16)2-5-13(8)18-14(19)11-7-10(17)3-4-12(11)15/h2-7H,1H3,(H,18,19). The molecule has 0 saturated carbocycles. The second-order valence-electron chi connectivity index (χ2n) is 4.04. The first-order valence-electron chi connectivity index (χ1n) is 5.50. The first-order chi connectivity index (χ1) is 8.97. The maximum atomic E-state index is 12.2. The van der Waals surface area contributed by atoms with Gasteiger partial charge in [0.1, 0.15) is 0 Å². The molecule has 0 aliphatic rings. The Morgan fingerprint density at radius 1 is 1.26 bits per heavy atom. The summed E-state index contributed by atoms with van der Waals surface area (Å²) in [5.41, 5.74) is 2.31. The molecule has 0 unspecified atom stereocenters. The summed E-state index contributed by atoms with van der Waals surface area (Å²) in [7, 11) is 0. The van der Waals surface area contributed by atoms with Crippen LogP contribution in [-0.2, 0) is 0 Å². The monoisotopic (exact) mass is 449 g/mol. The molecule has 0 spiro atoms. The Kier molecular flexibility index (Phi) is 4.86. The Morgan fingerprint density at radius 2 is 2.00 bits per heavy atom. The molecular weight excluding hydrogens is 440 g/mol. The summed E-state index contributed by atoms with van der Waals surface area (Å²) in [6, 6.07) is 11.0. The zero-order valence-electron chi connectivity index (χ0n) is 10.0. The molecule has 5 heteroatoms. The van der Waals surface area contributed by atoms with Gasteiger partial charge >= 0.3 is 0 Å². The fourth-order valence-electron chi connectivity index (χ4n) is 1.63. The van der Waals surface area contributed by atoms with Crippen LogP contribution in [0.2, 0.25) is 5.02 Å². The summed E-state index contributed by atoms with van der Waals surface area (Å²) in [6.07, 6.45) is 0. The first-order valence-corrected chi connectivity index (χ1v) is 7.75. The van der Waals surface area contributed by atoms with Crippen molar-refractivity contribution in [1.82, 2.24) is 0 Å². The van der Waals surface area contributed by atoms with Gasteiger partial charge in [-0.3, -0.25) is 4.79 Å². The molecule has 2 nitrogen and oxygen atoms in total. The second kappa shape index (κ2) is 6.24. The van der Waals surface area contributed by atoms with Gasteiger partial charge in [0.25, 0.3) is 5.91 Å². The lowest BCUT2D eigenvalue weighted by Crippen LogP contribution is -2.13. The van der Waals surface area contributed by atoms with Crippen molar-refractivity contribution in [2.24, 2.45) is 0 Å². The van der Waals surface area contributed by atoms with E-state index >= 15 is 0 Å². The minimum absolute atomic E-state index is 0.143. The fraction of sp³-hybridized carbons (Fsp3) is 0.0714. The van der Waals surface area contributed by atoms with Crippen LogP contribution in [-0.4, -0.2) is 5.91 Å². The summed E-state index contributed by atoms with van der Waals surface area (Å²) in [4.78, 5) is 12.2. The number of amides is 1. The number of hydrogen-bond acceptors (Lipinski definition) is 1. The number of benzene rings is 2. The van der Waals surface area contributed by atoms with E-state index in [9.17, 15) is 4.79 Å².